The van der Waals surface area contributed by atoms with Crippen molar-refractivity contribution in [1.82, 2.24) is 4.90 Å². The Morgan fingerprint density at radius 2 is 1.66 bits per heavy atom. The molecule has 3 aromatic rings. The zero-order valence-corrected chi connectivity index (χ0v) is 19.0. The predicted molar refractivity (Wildman–Crippen MR) is 133 cm³/mol. The fraction of sp³-hybridized carbons (Fsp3) is 0.231. The van der Waals surface area contributed by atoms with Crippen LogP contribution in [0, 0.1) is 0 Å². The summed E-state index contributed by atoms with van der Waals surface area (Å²) in [6.45, 7) is 1.74. The van der Waals surface area contributed by atoms with Crippen LogP contribution in [-0.2, 0) is 4.79 Å². The number of hydrogen-bond acceptors (Lipinski definition) is 4. The fourth-order valence-corrected chi connectivity index (χ4v) is 4.75. The minimum atomic E-state index is -0.130. The molecule has 0 spiro atoms. The number of benzene rings is 3. The molecule has 32 heavy (non-hydrogen) atoms. The van der Waals surface area contributed by atoms with Crippen LogP contribution in [0.15, 0.2) is 78.9 Å². The SMILES string of the molecule is CN(CC(=O)Nc1cccc(C(=O)N2CCSCC2)c1)c1ccccc1-c1ccccc1. The number of nitrogens with one attached hydrogen (secondary N) is 1. The molecule has 6 heteroatoms. The van der Waals surface area contributed by atoms with E-state index in [0.717, 1.165) is 41.4 Å². The Hall–Kier alpha value is -3.25. The van der Waals surface area contributed by atoms with Gasteiger partial charge in [0, 0.05) is 54.1 Å². The molecule has 0 bridgehead atoms. The lowest BCUT2D eigenvalue weighted by atomic mass is 10.0. The van der Waals surface area contributed by atoms with Crippen molar-refractivity contribution in [2.24, 2.45) is 0 Å². The summed E-state index contributed by atoms with van der Waals surface area (Å²) in [6, 6.07) is 25.4. The molecule has 5 nitrogen and oxygen atoms in total. The normalized spacial score (nSPS) is 13.5. The Kier molecular flexibility index (Phi) is 7.12. The van der Waals surface area contributed by atoms with E-state index in [1.807, 2.05) is 83.2 Å². The van der Waals surface area contributed by atoms with Gasteiger partial charge in [-0.1, -0.05) is 54.6 Å². The minimum absolute atomic E-state index is 0.0234. The largest absolute Gasteiger partial charge is 0.365 e. The summed E-state index contributed by atoms with van der Waals surface area (Å²) in [5.74, 6) is 1.84. The third kappa shape index (κ3) is 5.32. The lowest BCUT2D eigenvalue weighted by Gasteiger charge is -2.26. The molecule has 1 saturated heterocycles. The second-order valence-corrected chi connectivity index (χ2v) is 9.00. The third-order valence-electron chi connectivity index (χ3n) is 5.47. The van der Waals surface area contributed by atoms with Gasteiger partial charge in [0.25, 0.3) is 5.91 Å². The van der Waals surface area contributed by atoms with E-state index < -0.39 is 0 Å². The van der Waals surface area contributed by atoms with Crippen LogP contribution < -0.4 is 10.2 Å². The van der Waals surface area contributed by atoms with Crippen molar-refractivity contribution in [3.05, 3.63) is 84.4 Å². The molecule has 0 aliphatic carbocycles. The first-order valence-corrected chi connectivity index (χ1v) is 11.9. The highest BCUT2D eigenvalue weighted by molar-refractivity contribution is 7.99. The van der Waals surface area contributed by atoms with Gasteiger partial charge in [0.2, 0.25) is 5.91 Å². The van der Waals surface area contributed by atoms with Crippen LogP contribution in [0.1, 0.15) is 10.4 Å². The monoisotopic (exact) mass is 445 g/mol. The molecule has 1 aliphatic heterocycles. The van der Waals surface area contributed by atoms with Crippen LogP contribution in [-0.4, -0.2) is 54.9 Å². The first-order chi connectivity index (χ1) is 15.6. The number of carbonyl (C=O) groups excluding carboxylic acids is 2. The molecule has 1 N–H and O–H groups in total. The molecule has 164 valence electrons. The molecule has 1 heterocycles. The zero-order chi connectivity index (χ0) is 22.3. The summed E-state index contributed by atoms with van der Waals surface area (Å²) < 4.78 is 0. The van der Waals surface area contributed by atoms with E-state index in [4.69, 9.17) is 0 Å². The number of rotatable bonds is 6. The molecule has 0 saturated carbocycles. The number of thioether (sulfide) groups is 1. The van der Waals surface area contributed by atoms with Crippen molar-refractivity contribution in [3.8, 4) is 11.1 Å². The highest BCUT2D eigenvalue weighted by Gasteiger charge is 2.19. The van der Waals surface area contributed by atoms with Crippen molar-refractivity contribution in [2.45, 2.75) is 0 Å². The molecule has 0 radical (unpaired) electrons. The number of amides is 2. The van der Waals surface area contributed by atoms with Crippen molar-refractivity contribution >= 4 is 35.0 Å². The summed E-state index contributed by atoms with van der Waals surface area (Å²) in [7, 11) is 1.91. The molecule has 3 aromatic carbocycles. The van der Waals surface area contributed by atoms with Gasteiger partial charge in [-0.2, -0.15) is 11.8 Å². The van der Waals surface area contributed by atoms with Gasteiger partial charge in [-0.05, 0) is 29.8 Å². The van der Waals surface area contributed by atoms with Crippen molar-refractivity contribution in [1.29, 1.82) is 0 Å². The quantitative estimate of drug-likeness (QED) is 0.602. The topological polar surface area (TPSA) is 52.7 Å². The average Bonchev–Trinajstić information content (AvgIpc) is 2.84. The lowest BCUT2D eigenvalue weighted by Crippen LogP contribution is -2.37. The van der Waals surface area contributed by atoms with Gasteiger partial charge in [0.15, 0.2) is 0 Å². The Labute approximate surface area is 193 Å². The predicted octanol–water partition coefficient (Wildman–Crippen LogP) is 4.62. The van der Waals surface area contributed by atoms with Crippen molar-refractivity contribution < 1.29 is 9.59 Å². The first kappa shape index (κ1) is 22.0. The molecule has 1 fully saturated rings. The van der Waals surface area contributed by atoms with Crippen LogP contribution in [0.2, 0.25) is 0 Å². The second kappa shape index (κ2) is 10.4. The van der Waals surface area contributed by atoms with E-state index in [-0.39, 0.29) is 18.4 Å². The number of carbonyl (C=O) groups is 2. The molecular formula is C26H27N3O2S. The third-order valence-corrected chi connectivity index (χ3v) is 6.41. The second-order valence-electron chi connectivity index (χ2n) is 7.77. The number of likely N-dealkylation sites (N-methyl/N-ethyl adjacent to an activating group) is 1. The van der Waals surface area contributed by atoms with Gasteiger partial charge in [0.1, 0.15) is 0 Å². The van der Waals surface area contributed by atoms with Crippen LogP contribution in [0.5, 0.6) is 0 Å². The highest BCUT2D eigenvalue weighted by atomic mass is 32.2. The van der Waals surface area contributed by atoms with Gasteiger partial charge >= 0.3 is 0 Å². The summed E-state index contributed by atoms with van der Waals surface area (Å²) in [4.78, 5) is 29.4. The number of para-hydroxylation sites is 1. The standard InChI is InChI=1S/C26H27N3O2S/c1-28(24-13-6-5-12-23(24)20-8-3-2-4-9-20)19-25(30)27-22-11-7-10-21(18-22)26(31)29-14-16-32-17-15-29/h2-13,18H,14-17,19H2,1H3,(H,27,30). The smallest absolute Gasteiger partial charge is 0.253 e. The van der Waals surface area contributed by atoms with Crippen molar-refractivity contribution in [2.75, 3.05) is 48.4 Å². The van der Waals surface area contributed by atoms with E-state index in [2.05, 4.69) is 23.5 Å². The number of nitrogens with zero attached hydrogens (tertiary/aromatic N) is 2. The zero-order valence-electron chi connectivity index (χ0n) is 18.2. The molecule has 0 atom stereocenters. The van der Waals surface area contributed by atoms with Crippen molar-refractivity contribution in [3.63, 3.8) is 0 Å². The minimum Gasteiger partial charge on any atom is -0.365 e. The maximum absolute atomic E-state index is 12.8. The molecule has 4 rings (SSSR count). The average molecular weight is 446 g/mol. The lowest BCUT2D eigenvalue weighted by molar-refractivity contribution is -0.114. The van der Waals surface area contributed by atoms with Gasteiger partial charge < -0.3 is 15.1 Å². The van der Waals surface area contributed by atoms with Crippen LogP contribution >= 0.6 is 11.8 Å². The van der Waals surface area contributed by atoms with Gasteiger partial charge in [0.05, 0.1) is 6.54 Å². The summed E-state index contributed by atoms with van der Waals surface area (Å²) in [5, 5.41) is 2.94. The summed E-state index contributed by atoms with van der Waals surface area (Å²) in [6.07, 6.45) is 0. The summed E-state index contributed by atoms with van der Waals surface area (Å²) >= 11 is 1.87. The van der Waals surface area contributed by atoms with Gasteiger partial charge in [-0.15, -0.1) is 0 Å². The molecule has 0 unspecified atom stereocenters. The van der Waals surface area contributed by atoms with E-state index >= 15 is 0 Å². The van der Waals surface area contributed by atoms with Crippen LogP contribution in [0.3, 0.4) is 0 Å². The maximum atomic E-state index is 12.8. The highest BCUT2D eigenvalue weighted by Crippen LogP contribution is 2.29. The molecule has 0 aromatic heterocycles. The Morgan fingerprint density at radius 1 is 0.938 bits per heavy atom. The Morgan fingerprint density at radius 3 is 2.44 bits per heavy atom. The molecule has 2 amide bonds. The van der Waals surface area contributed by atoms with Gasteiger partial charge in [-0.3, -0.25) is 9.59 Å². The first-order valence-electron chi connectivity index (χ1n) is 10.7. The Bertz CT molecular complexity index is 1080. The molecular weight excluding hydrogens is 418 g/mol. The number of anilines is 2. The van der Waals surface area contributed by atoms with Gasteiger partial charge in [-0.25, -0.2) is 0 Å². The number of hydrogen-bond donors (Lipinski definition) is 1. The fourth-order valence-electron chi connectivity index (χ4n) is 3.85. The Balaban J connectivity index is 1.43. The van der Waals surface area contributed by atoms with E-state index in [1.165, 1.54) is 0 Å². The van der Waals surface area contributed by atoms with E-state index in [9.17, 15) is 9.59 Å². The van der Waals surface area contributed by atoms with Crippen LogP contribution in [0.4, 0.5) is 11.4 Å². The van der Waals surface area contributed by atoms with E-state index in [0.29, 0.717) is 11.3 Å². The summed E-state index contributed by atoms with van der Waals surface area (Å²) in [5.41, 5.74) is 4.42. The molecule has 1 aliphatic rings. The van der Waals surface area contributed by atoms with Crippen LogP contribution in [0.25, 0.3) is 11.1 Å². The van der Waals surface area contributed by atoms with E-state index in [1.54, 1.807) is 6.07 Å². The maximum Gasteiger partial charge on any atom is 0.253 e.